The van der Waals surface area contributed by atoms with Crippen LogP contribution in [-0.2, 0) is 4.79 Å². The Morgan fingerprint density at radius 3 is 2.45 bits per heavy atom. The highest BCUT2D eigenvalue weighted by molar-refractivity contribution is 7.99. The smallest absolute Gasteiger partial charge is 0.371 e. The van der Waals surface area contributed by atoms with Crippen molar-refractivity contribution in [2.45, 2.75) is 9.79 Å². The van der Waals surface area contributed by atoms with Crippen LogP contribution in [0.4, 0.5) is 0 Å². The number of carbonyl (C=O) groups excluding carboxylic acids is 1. The van der Waals surface area contributed by atoms with Crippen LogP contribution in [0.1, 0.15) is 9.67 Å². The number of hydrogen-bond donors (Lipinski definition) is 2. The highest BCUT2D eigenvalue weighted by Gasteiger charge is 2.12. The number of carboxylic acids is 1. The predicted molar refractivity (Wildman–Crippen MR) is 77.6 cm³/mol. The molecule has 1 aromatic carbocycles. The molecule has 2 aromatic rings. The fourth-order valence-electron chi connectivity index (χ4n) is 1.38. The molecular formula is C14H10O4S2. The van der Waals surface area contributed by atoms with Gasteiger partial charge in [-0.1, -0.05) is 30.0 Å². The topological polar surface area (TPSA) is 74.6 Å². The average Bonchev–Trinajstić information content (AvgIpc) is 2.88. The average molecular weight is 306 g/mol. The number of aliphatic carboxylic acids is 1. The molecule has 6 heteroatoms. The van der Waals surface area contributed by atoms with Crippen molar-refractivity contribution in [1.82, 2.24) is 0 Å². The monoisotopic (exact) mass is 306 g/mol. The van der Waals surface area contributed by atoms with Crippen LogP contribution >= 0.6 is 23.1 Å². The third-order valence-electron chi connectivity index (χ3n) is 2.28. The van der Waals surface area contributed by atoms with Gasteiger partial charge >= 0.3 is 5.97 Å². The molecule has 0 atom stereocenters. The summed E-state index contributed by atoms with van der Waals surface area (Å²) in [7, 11) is 0. The van der Waals surface area contributed by atoms with Crippen molar-refractivity contribution in [2.75, 3.05) is 0 Å². The van der Waals surface area contributed by atoms with Gasteiger partial charge in [-0.25, -0.2) is 4.79 Å². The Kier molecular flexibility index (Phi) is 4.60. The highest BCUT2D eigenvalue weighted by atomic mass is 32.2. The van der Waals surface area contributed by atoms with E-state index in [1.807, 2.05) is 35.7 Å². The van der Waals surface area contributed by atoms with Crippen LogP contribution in [0.3, 0.4) is 0 Å². The second-order valence-corrected chi connectivity index (χ2v) is 5.82. The number of ketones is 1. The van der Waals surface area contributed by atoms with E-state index in [1.165, 1.54) is 23.1 Å². The van der Waals surface area contributed by atoms with E-state index in [0.717, 1.165) is 9.79 Å². The number of thiophene rings is 1. The number of allylic oxidation sites excluding steroid dienone is 1. The second-order valence-electron chi connectivity index (χ2n) is 3.76. The Balaban J connectivity index is 2.11. The molecule has 0 saturated heterocycles. The fraction of sp³-hybridized carbons (Fsp3) is 0. The lowest BCUT2D eigenvalue weighted by atomic mass is 10.3. The van der Waals surface area contributed by atoms with Crippen molar-refractivity contribution >= 4 is 34.9 Å². The SMILES string of the molecule is O=C(O)C(O)=CC(=O)c1cc(Sc2ccccc2)cs1. The van der Waals surface area contributed by atoms with Crippen LogP contribution in [0.5, 0.6) is 0 Å². The summed E-state index contributed by atoms with van der Waals surface area (Å²) in [6.45, 7) is 0. The third-order valence-corrected chi connectivity index (χ3v) is 4.36. The van der Waals surface area contributed by atoms with Crippen LogP contribution in [0, 0.1) is 0 Å². The first-order chi connectivity index (χ1) is 9.56. The normalized spacial score (nSPS) is 11.3. The quantitative estimate of drug-likeness (QED) is 0.501. The number of benzene rings is 1. The molecule has 0 amide bonds. The van der Waals surface area contributed by atoms with Crippen LogP contribution in [0.2, 0.25) is 0 Å². The molecule has 1 aromatic heterocycles. The van der Waals surface area contributed by atoms with E-state index in [4.69, 9.17) is 10.2 Å². The van der Waals surface area contributed by atoms with Gasteiger partial charge in [-0.3, -0.25) is 4.79 Å². The van der Waals surface area contributed by atoms with E-state index in [-0.39, 0.29) is 0 Å². The van der Waals surface area contributed by atoms with Gasteiger partial charge in [0.25, 0.3) is 0 Å². The lowest BCUT2D eigenvalue weighted by molar-refractivity contribution is -0.135. The first-order valence-electron chi connectivity index (χ1n) is 5.56. The molecule has 0 fully saturated rings. The van der Waals surface area contributed by atoms with E-state index in [9.17, 15) is 9.59 Å². The first-order valence-corrected chi connectivity index (χ1v) is 7.25. The maximum Gasteiger partial charge on any atom is 0.371 e. The number of carboxylic acid groups (broad SMARTS) is 1. The molecule has 0 radical (unpaired) electrons. The molecule has 0 unspecified atom stereocenters. The Morgan fingerprint density at radius 1 is 1.10 bits per heavy atom. The van der Waals surface area contributed by atoms with Gasteiger partial charge in [0.15, 0.2) is 5.78 Å². The van der Waals surface area contributed by atoms with Crippen LogP contribution in [-0.4, -0.2) is 22.0 Å². The van der Waals surface area contributed by atoms with Crippen LogP contribution in [0.15, 0.2) is 63.4 Å². The molecule has 1 heterocycles. The van der Waals surface area contributed by atoms with Gasteiger partial charge in [-0.15, -0.1) is 11.3 Å². The second kappa shape index (κ2) is 6.40. The molecule has 0 aliphatic rings. The molecule has 0 spiro atoms. The fourth-order valence-corrected chi connectivity index (χ4v) is 3.22. The lowest BCUT2D eigenvalue weighted by Crippen LogP contribution is -2.02. The number of hydrogen-bond acceptors (Lipinski definition) is 5. The summed E-state index contributed by atoms with van der Waals surface area (Å²) >= 11 is 2.72. The number of carbonyl (C=O) groups is 2. The Morgan fingerprint density at radius 2 is 1.80 bits per heavy atom. The summed E-state index contributed by atoms with van der Waals surface area (Å²) in [6, 6.07) is 11.4. The number of aliphatic hydroxyl groups is 1. The van der Waals surface area contributed by atoms with Gasteiger partial charge in [-0.05, 0) is 18.2 Å². The zero-order chi connectivity index (χ0) is 14.5. The van der Waals surface area contributed by atoms with Crippen molar-refractivity contribution in [1.29, 1.82) is 0 Å². The summed E-state index contributed by atoms with van der Waals surface area (Å²) < 4.78 is 0. The maximum atomic E-state index is 11.7. The zero-order valence-electron chi connectivity index (χ0n) is 10.1. The standard InChI is InChI=1S/C14H10O4S2/c15-11(7-12(16)14(17)18)13-6-10(8-19-13)20-9-4-2-1-3-5-9/h1-8,16H,(H,17,18). The largest absolute Gasteiger partial charge is 0.502 e. The van der Waals surface area contributed by atoms with Gasteiger partial charge < -0.3 is 10.2 Å². The Hall–Kier alpha value is -2.05. The molecule has 0 aliphatic carbocycles. The minimum atomic E-state index is -1.52. The molecule has 2 rings (SSSR count). The molecule has 2 N–H and O–H groups in total. The van der Waals surface area contributed by atoms with Crippen LogP contribution in [0.25, 0.3) is 0 Å². The number of rotatable bonds is 5. The molecule has 0 saturated carbocycles. The van der Waals surface area contributed by atoms with Crippen molar-refractivity contribution in [2.24, 2.45) is 0 Å². The van der Waals surface area contributed by atoms with Gasteiger partial charge in [0.05, 0.1) is 4.88 Å². The number of aliphatic hydroxyl groups excluding tert-OH is 1. The Labute approximate surface area is 123 Å². The molecule has 0 aliphatic heterocycles. The lowest BCUT2D eigenvalue weighted by Gasteiger charge is -1.96. The molecule has 20 heavy (non-hydrogen) atoms. The van der Waals surface area contributed by atoms with Crippen molar-refractivity contribution < 1.29 is 19.8 Å². The van der Waals surface area contributed by atoms with Crippen molar-refractivity contribution in [3.63, 3.8) is 0 Å². The molecule has 102 valence electrons. The van der Waals surface area contributed by atoms with Crippen molar-refractivity contribution in [3.05, 3.63) is 58.5 Å². The minimum absolute atomic E-state index is 0.385. The summed E-state index contributed by atoms with van der Waals surface area (Å²) in [5, 5.41) is 19.4. The highest BCUT2D eigenvalue weighted by Crippen LogP contribution is 2.31. The van der Waals surface area contributed by atoms with E-state index in [1.54, 1.807) is 6.07 Å². The third kappa shape index (κ3) is 3.72. The van der Waals surface area contributed by atoms with Gasteiger partial charge in [0, 0.05) is 21.2 Å². The van der Waals surface area contributed by atoms with Gasteiger partial charge in [-0.2, -0.15) is 0 Å². The summed E-state index contributed by atoms with van der Waals surface area (Å²) in [5.41, 5.74) is 0. The summed E-state index contributed by atoms with van der Waals surface area (Å²) in [4.78, 5) is 24.5. The summed E-state index contributed by atoms with van der Waals surface area (Å²) in [5.74, 6) is -3.00. The van der Waals surface area contributed by atoms with Crippen LogP contribution < -0.4 is 0 Å². The van der Waals surface area contributed by atoms with E-state index in [2.05, 4.69) is 0 Å². The van der Waals surface area contributed by atoms with E-state index in [0.29, 0.717) is 11.0 Å². The van der Waals surface area contributed by atoms with E-state index >= 15 is 0 Å². The maximum absolute atomic E-state index is 11.7. The predicted octanol–water partition coefficient (Wildman–Crippen LogP) is 3.61. The Bertz CT molecular complexity index is 659. The van der Waals surface area contributed by atoms with E-state index < -0.39 is 17.5 Å². The first kappa shape index (κ1) is 14.4. The van der Waals surface area contributed by atoms with Crippen molar-refractivity contribution in [3.8, 4) is 0 Å². The molecule has 0 bridgehead atoms. The minimum Gasteiger partial charge on any atom is -0.502 e. The molecular weight excluding hydrogens is 296 g/mol. The van der Waals surface area contributed by atoms with Gasteiger partial charge in [0.2, 0.25) is 5.76 Å². The molecule has 4 nitrogen and oxygen atoms in total. The summed E-state index contributed by atoms with van der Waals surface area (Å²) in [6.07, 6.45) is 0.713. The van der Waals surface area contributed by atoms with Gasteiger partial charge in [0.1, 0.15) is 0 Å². The zero-order valence-corrected chi connectivity index (χ0v) is 11.8.